The van der Waals surface area contributed by atoms with Crippen LogP contribution in [0.25, 0.3) is 0 Å². The quantitative estimate of drug-likeness (QED) is 0.860. The lowest BCUT2D eigenvalue weighted by atomic mass is 10.1. The van der Waals surface area contributed by atoms with Crippen molar-refractivity contribution in [2.45, 2.75) is 12.1 Å². The number of benzene rings is 1. The zero-order valence-electron chi connectivity index (χ0n) is 13.9. The van der Waals surface area contributed by atoms with Gasteiger partial charge in [-0.2, -0.15) is 0 Å². The monoisotopic (exact) mass is 351 g/mol. The van der Waals surface area contributed by atoms with Crippen molar-refractivity contribution in [1.29, 1.82) is 0 Å². The van der Waals surface area contributed by atoms with Gasteiger partial charge < -0.3 is 19.5 Å². The molecule has 4 rings (SSSR count). The molecule has 3 aliphatic heterocycles. The van der Waals surface area contributed by atoms with Crippen LogP contribution < -0.4 is 9.80 Å². The number of hydrogen-bond donors (Lipinski definition) is 1. The molecule has 0 unspecified atom stereocenters. The number of anilines is 2. The number of ether oxygens (including phenoxy) is 2. The lowest BCUT2D eigenvalue weighted by Gasteiger charge is -2.43. The Hall–Kier alpha value is -1.90. The van der Waals surface area contributed by atoms with E-state index >= 15 is 0 Å². The molecule has 7 nitrogen and oxygen atoms in total. The molecule has 1 aromatic rings. The van der Waals surface area contributed by atoms with Crippen LogP contribution in [0.3, 0.4) is 0 Å². The molecule has 3 aliphatic rings. The van der Waals surface area contributed by atoms with Crippen molar-refractivity contribution in [2.24, 2.45) is 0 Å². The van der Waals surface area contributed by atoms with Crippen molar-refractivity contribution in [3.05, 3.63) is 24.0 Å². The minimum atomic E-state index is -0.557. The highest BCUT2D eigenvalue weighted by molar-refractivity contribution is 5.90. The number of carbonyl (C=O) groups is 1. The van der Waals surface area contributed by atoms with E-state index in [9.17, 15) is 9.18 Å². The summed E-state index contributed by atoms with van der Waals surface area (Å²) in [5.74, 6) is -0.349. The zero-order chi connectivity index (χ0) is 17.4. The van der Waals surface area contributed by atoms with Gasteiger partial charge in [0.25, 0.3) is 0 Å². The van der Waals surface area contributed by atoms with Gasteiger partial charge in [-0.1, -0.05) is 0 Å². The molecule has 0 radical (unpaired) electrons. The van der Waals surface area contributed by atoms with E-state index in [0.717, 1.165) is 39.4 Å². The average Bonchev–Trinajstić information content (AvgIpc) is 2.95. The summed E-state index contributed by atoms with van der Waals surface area (Å²) in [5.41, 5.74) is 1.01. The van der Waals surface area contributed by atoms with Gasteiger partial charge in [-0.25, -0.2) is 9.18 Å². The first-order chi connectivity index (χ1) is 12.2. The summed E-state index contributed by atoms with van der Waals surface area (Å²) >= 11 is 0. The molecule has 3 saturated heterocycles. The molecular formula is C17H22FN3O4. The zero-order valence-corrected chi connectivity index (χ0v) is 13.9. The Labute approximate surface area is 145 Å². The maximum absolute atomic E-state index is 14.6. The average molecular weight is 351 g/mol. The van der Waals surface area contributed by atoms with E-state index in [-0.39, 0.29) is 19.0 Å². The molecular weight excluding hydrogens is 329 g/mol. The van der Waals surface area contributed by atoms with E-state index in [2.05, 4.69) is 4.90 Å². The topological polar surface area (TPSA) is 65.5 Å². The first-order valence-electron chi connectivity index (χ1n) is 8.61. The molecule has 1 N–H and O–H groups in total. The van der Waals surface area contributed by atoms with Crippen LogP contribution in [-0.2, 0) is 9.47 Å². The second-order valence-corrected chi connectivity index (χ2v) is 6.65. The lowest BCUT2D eigenvalue weighted by molar-refractivity contribution is -0.0660. The van der Waals surface area contributed by atoms with E-state index in [1.54, 1.807) is 12.1 Å². The second kappa shape index (κ2) is 6.78. The van der Waals surface area contributed by atoms with E-state index < -0.39 is 12.2 Å². The third-order valence-corrected chi connectivity index (χ3v) is 5.11. The number of hydrogen-bond acceptors (Lipinski definition) is 6. The minimum absolute atomic E-state index is 0.232. The summed E-state index contributed by atoms with van der Waals surface area (Å²) in [6, 6.07) is 5.32. The van der Waals surface area contributed by atoms with Crippen LogP contribution in [0.2, 0.25) is 0 Å². The third kappa shape index (κ3) is 3.17. The van der Waals surface area contributed by atoms with Crippen LogP contribution >= 0.6 is 0 Å². The predicted molar refractivity (Wildman–Crippen MR) is 89.5 cm³/mol. The Morgan fingerprint density at radius 2 is 1.96 bits per heavy atom. The molecule has 1 aromatic carbocycles. The van der Waals surface area contributed by atoms with Crippen LogP contribution in [0.1, 0.15) is 0 Å². The van der Waals surface area contributed by atoms with Crippen LogP contribution in [-0.4, -0.2) is 80.8 Å². The number of nitrogens with zero attached hydrogens (tertiary/aromatic N) is 3. The van der Waals surface area contributed by atoms with Gasteiger partial charge in [0.05, 0.1) is 43.8 Å². The third-order valence-electron chi connectivity index (χ3n) is 5.11. The lowest BCUT2D eigenvalue weighted by Crippen LogP contribution is -2.56. The molecule has 0 spiro atoms. The Morgan fingerprint density at radius 3 is 2.52 bits per heavy atom. The standard InChI is InChI=1S/C17H22FN3O4/c18-15-7-12(21-8-14(9-22)25-17(21)23)1-2-16(15)20-5-3-19(4-6-20)13-10-24-11-13/h1-2,7,13-14,22H,3-6,8-11H2/t14-/m1/s1. The molecule has 0 bridgehead atoms. The number of cyclic esters (lactones) is 1. The number of aliphatic hydroxyl groups excluding tert-OH is 1. The van der Waals surface area contributed by atoms with E-state index in [4.69, 9.17) is 14.6 Å². The molecule has 0 aromatic heterocycles. The minimum Gasteiger partial charge on any atom is -0.441 e. The number of amides is 1. The number of rotatable bonds is 4. The fourth-order valence-electron chi connectivity index (χ4n) is 3.51. The van der Waals surface area contributed by atoms with Crippen molar-refractivity contribution < 1.29 is 23.8 Å². The molecule has 0 saturated carbocycles. The predicted octanol–water partition coefficient (Wildman–Crippen LogP) is 0.664. The Kier molecular flexibility index (Phi) is 4.49. The second-order valence-electron chi connectivity index (χ2n) is 6.65. The highest BCUT2D eigenvalue weighted by Gasteiger charge is 2.33. The Morgan fingerprint density at radius 1 is 1.20 bits per heavy atom. The highest BCUT2D eigenvalue weighted by atomic mass is 19.1. The fourth-order valence-corrected chi connectivity index (χ4v) is 3.51. The van der Waals surface area contributed by atoms with Crippen LogP contribution in [0.4, 0.5) is 20.6 Å². The summed E-state index contributed by atoms with van der Waals surface area (Å²) < 4.78 is 24.9. The molecule has 0 aliphatic carbocycles. The maximum Gasteiger partial charge on any atom is 0.414 e. The Balaban J connectivity index is 1.43. The maximum atomic E-state index is 14.6. The van der Waals surface area contributed by atoms with Crippen molar-refractivity contribution in [2.75, 3.05) is 62.3 Å². The van der Waals surface area contributed by atoms with Gasteiger partial charge in [0.2, 0.25) is 0 Å². The van der Waals surface area contributed by atoms with Gasteiger partial charge in [0, 0.05) is 26.2 Å². The Bertz CT molecular complexity index is 647. The first-order valence-corrected chi connectivity index (χ1v) is 8.61. The molecule has 1 atom stereocenters. The van der Waals surface area contributed by atoms with Crippen LogP contribution in [0.5, 0.6) is 0 Å². The molecule has 3 fully saturated rings. The normalized spacial score (nSPS) is 25.2. The summed E-state index contributed by atoms with van der Waals surface area (Å²) in [6.45, 7) is 4.91. The highest BCUT2D eigenvalue weighted by Crippen LogP contribution is 2.29. The number of carbonyl (C=O) groups excluding carboxylic acids is 1. The molecule has 3 heterocycles. The van der Waals surface area contributed by atoms with Crippen LogP contribution in [0, 0.1) is 5.82 Å². The number of halogens is 1. The van der Waals surface area contributed by atoms with Gasteiger partial charge in [-0.05, 0) is 18.2 Å². The SMILES string of the molecule is O=C1O[C@@H](CO)CN1c1ccc(N2CCN(C3COC3)CC2)c(F)c1. The molecule has 8 heteroatoms. The van der Waals surface area contributed by atoms with E-state index in [0.29, 0.717) is 17.4 Å². The van der Waals surface area contributed by atoms with Gasteiger partial charge in [-0.15, -0.1) is 0 Å². The summed E-state index contributed by atoms with van der Waals surface area (Å²) in [5, 5.41) is 9.10. The number of piperazine rings is 1. The largest absolute Gasteiger partial charge is 0.441 e. The van der Waals surface area contributed by atoms with Crippen molar-refractivity contribution in [3.63, 3.8) is 0 Å². The van der Waals surface area contributed by atoms with E-state index in [1.807, 2.05) is 4.90 Å². The van der Waals surface area contributed by atoms with Crippen molar-refractivity contribution in [1.82, 2.24) is 4.90 Å². The fraction of sp³-hybridized carbons (Fsp3) is 0.588. The molecule has 136 valence electrons. The summed E-state index contributed by atoms with van der Waals surface area (Å²) in [6.07, 6.45) is -1.11. The van der Waals surface area contributed by atoms with Gasteiger partial charge in [0.15, 0.2) is 0 Å². The first kappa shape index (κ1) is 16.6. The van der Waals surface area contributed by atoms with Crippen LogP contribution in [0.15, 0.2) is 18.2 Å². The summed E-state index contributed by atoms with van der Waals surface area (Å²) in [7, 11) is 0. The van der Waals surface area contributed by atoms with Gasteiger partial charge in [-0.3, -0.25) is 9.80 Å². The molecule has 25 heavy (non-hydrogen) atoms. The smallest absolute Gasteiger partial charge is 0.414 e. The summed E-state index contributed by atoms with van der Waals surface area (Å²) in [4.78, 5) is 17.6. The van der Waals surface area contributed by atoms with Crippen molar-refractivity contribution in [3.8, 4) is 0 Å². The van der Waals surface area contributed by atoms with Gasteiger partial charge >= 0.3 is 6.09 Å². The molecule has 1 amide bonds. The number of aliphatic hydroxyl groups is 1. The van der Waals surface area contributed by atoms with Crippen molar-refractivity contribution >= 4 is 17.5 Å². The van der Waals surface area contributed by atoms with E-state index in [1.165, 1.54) is 11.0 Å². The van der Waals surface area contributed by atoms with Gasteiger partial charge in [0.1, 0.15) is 11.9 Å².